The zero-order valence-electron chi connectivity index (χ0n) is 8.94. The minimum atomic E-state index is 0.174. The van der Waals surface area contributed by atoms with Gasteiger partial charge < -0.3 is 4.74 Å². The number of hydrogen-bond donors (Lipinski definition) is 0. The number of ether oxygens (including phenoxy) is 1. The SMILES string of the molecule is CCC(Br)c1nnc(C2OCCC2C)s1. The molecule has 0 spiro atoms. The Morgan fingerprint density at radius 2 is 2.40 bits per heavy atom. The third kappa shape index (κ3) is 2.40. The second-order valence-corrected chi connectivity index (χ2v) is 6.06. The van der Waals surface area contributed by atoms with E-state index in [9.17, 15) is 0 Å². The van der Waals surface area contributed by atoms with Gasteiger partial charge in [-0.3, -0.25) is 0 Å². The van der Waals surface area contributed by atoms with Gasteiger partial charge in [0.2, 0.25) is 0 Å². The summed E-state index contributed by atoms with van der Waals surface area (Å²) in [6.07, 6.45) is 2.34. The van der Waals surface area contributed by atoms with Crippen LogP contribution < -0.4 is 0 Å². The van der Waals surface area contributed by atoms with E-state index in [4.69, 9.17) is 4.74 Å². The average Bonchev–Trinajstić information content (AvgIpc) is 2.84. The van der Waals surface area contributed by atoms with Gasteiger partial charge >= 0.3 is 0 Å². The molecule has 84 valence electrons. The first kappa shape index (κ1) is 11.5. The standard InChI is InChI=1S/C10H15BrN2OS/c1-3-7(11)9-12-13-10(15-9)8-6(2)4-5-14-8/h6-8H,3-5H2,1-2H3. The number of hydrogen-bond acceptors (Lipinski definition) is 4. The highest BCUT2D eigenvalue weighted by molar-refractivity contribution is 9.09. The van der Waals surface area contributed by atoms with Crippen LogP contribution in [0.25, 0.3) is 0 Å². The Balaban J connectivity index is 2.12. The first-order chi connectivity index (χ1) is 7.22. The normalized spacial score (nSPS) is 28.2. The summed E-state index contributed by atoms with van der Waals surface area (Å²) in [7, 11) is 0. The Bertz CT molecular complexity index is 331. The Hall–Kier alpha value is -0.0000000000000000555. The Morgan fingerprint density at radius 1 is 1.60 bits per heavy atom. The summed E-state index contributed by atoms with van der Waals surface area (Å²) in [4.78, 5) is 0.334. The van der Waals surface area contributed by atoms with E-state index in [0.29, 0.717) is 10.7 Å². The fourth-order valence-electron chi connectivity index (χ4n) is 1.67. The van der Waals surface area contributed by atoms with Crippen LogP contribution in [-0.2, 0) is 4.74 Å². The molecule has 15 heavy (non-hydrogen) atoms. The van der Waals surface area contributed by atoms with Gasteiger partial charge in [0.15, 0.2) is 0 Å². The maximum absolute atomic E-state index is 5.67. The van der Waals surface area contributed by atoms with Crippen LogP contribution in [-0.4, -0.2) is 16.8 Å². The summed E-state index contributed by atoms with van der Waals surface area (Å²) in [6, 6.07) is 0. The number of nitrogens with zero attached hydrogens (tertiary/aromatic N) is 2. The number of rotatable bonds is 3. The van der Waals surface area contributed by atoms with E-state index < -0.39 is 0 Å². The predicted molar refractivity (Wildman–Crippen MR) is 64.3 cm³/mol. The first-order valence-electron chi connectivity index (χ1n) is 5.31. The van der Waals surface area contributed by atoms with Gasteiger partial charge in [0, 0.05) is 6.61 Å². The van der Waals surface area contributed by atoms with Crippen molar-refractivity contribution in [1.29, 1.82) is 0 Å². The van der Waals surface area contributed by atoms with Crippen molar-refractivity contribution in [2.45, 2.75) is 37.6 Å². The molecule has 1 aliphatic heterocycles. The van der Waals surface area contributed by atoms with Gasteiger partial charge in [-0.1, -0.05) is 41.1 Å². The molecule has 1 fully saturated rings. The summed E-state index contributed by atoms with van der Waals surface area (Å²) in [5.74, 6) is 0.571. The molecule has 0 radical (unpaired) electrons. The lowest BCUT2D eigenvalue weighted by Gasteiger charge is -2.09. The van der Waals surface area contributed by atoms with Gasteiger partial charge in [-0.05, 0) is 18.8 Å². The number of halogens is 1. The summed E-state index contributed by atoms with van der Waals surface area (Å²) in [5, 5.41) is 10.5. The van der Waals surface area contributed by atoms with Gasteiger partial charge in [0.05, 0.1) is 4.83 Å². The van der Waals surface area contributed by atoms with Crippen molar-refractivity contribution in [3.8, 4) is 0 Å². The highest BCUT2D eigenvalue weighted by Crippen LogP contribution is 2.38. The van der Waals surface area contributed by atoms with E-state index in [1.54, 1.807) is 11.3 Å². The lowest BCUT2D eigenvalue weighted by atomic mass is 10.1. The molecule has 2 rings (SSSR count). The summed E-state index contributed by atoms with van der Waals surface area (Å²) >= 11 is 5.26. The molecule has 3 nitrogen and oxygen atoms in total. The molecule has 3 atom stereocenters. The topological polar surface area (TPSA) is 35.0 Å². The molecular formula is C10H15BrN2OS. The van der Waals surface area contributed by atoms with E-state index in [1.807, 2.05) is 0 Å². The summed E-state index contributed by atoms with van der Waals surface area (Å²) < 4.78 is 5.67. The van der Waals surface area contributed by atoms with Crippen molar-refractivity contribution in [1.82, 2.24) is 10.2 Å². The number of alkyl halides is 1. The van der Waals surface area contributed by atoms with Crippen molar-refractivity contribution in [2.75, 3.05) is 6.61 Å². The van der Waals surface area contributed by atoms with E-state index in [1.165, 1.54) is 0 Å². The second kappa shape index (κ2) is 4.89. The zero-order chi connectivity index (χ0) is 10.8. The molecule has 5 heteroatoms. The maximum Gasteiger partial charge on any atom is 0.146 e. The first-order valence-corrected chi connectivity index (χ1v) is 7.04. The van der Waals surface area contributed by atoms with Crippen LogP contribution >= 0.6 is 27.3 Å². The molecule has 0 amide bonds. The van der Waals surface area contributed by atoms with E-state index in [2.05, 4.69) is 40.0 Å². The van der Waals surface area contributed by atoms with Crippen LogP contribution in [0.2, 0.25) is 0 Å². The average molecular weight is 291 g/mol. The van der Waals surface area contributed by atoms with Crippen LogP contribution in [0.1, 0.15) is 47.6 Å². The maximum atomic E-state index is 5.67. The lowest BCUT2D eigenvalue weighted by molar-refractivity contribution is 0.0937. The molecule has 0 N–H and O–H groups in total. The molecule has 0 aliphatic carbocycles. The highest BCUT2D eigenvalue weighted by atomic mass is 79.9. The summed E-state index contributed by atoms with van der Waals surface area (Å²) in [5.41, 5.74) is 0. The molecule has 1 aliphatic rings. The molecule has 1 saturated heterocycles. The van der Waals surface area contributed by atoms with Crippen molar-refractivity contribution < 1.29 is 4.74 Å². The van der Waals surface area contributed by atoms with Crippen LogP contribution in [0.4, 0.5) is 0 Å². The van der Waals surface area contributed by atoms with Crippen LogP contribution in [0, 0.1) is 5.92 Å². The van der Waals surface area contributed by atoms with Crippen molar-refractivity contribution in [2.24, 2.45) is 5.92 Å². The zero-order valence-corrected chi connectivity index (χ0v) is 11.3. The van der Waals surface area contributed by atoms with Gasteiger partial charge in [-0.15, -0.1) is 10.2 Å². The molecule has 3 unspecified atom stereocenters. The molecule has 0 saturated carbocycles. The van der Waals surface area contributed by atoms with Gasteiger partial charge in [0.1, 0.15) is 16.1 Å². The smallest absolute Gasteiger partial charge is 0.146 e. The van der Waals surface area contributed by atoms with Gasteiger partial charge in [0.25, 0.3) is 0 Å². The second-order valence-electron chi connectivity index (χ2n) is 3.91. The van der Waals surface area contributed by atoms with E-state index >= 15 is 0 Å². The monoisotopic (exact) mass is 290 g/mol. The van der Waals surface area contributed by atoms with E-state index in [-0.39, 0.29) is 6.10 Å². The predicted octanol–water partition coefficient (Wildman–Crippen LogP) is 3.48. The van der Waals surface area contributed by atoms with Crippen LogP contribution in [0.5, 0.6) is 0 Å². The van der Waals surface area contributed by atoms with Crippen molar-refractivity contribution in [3.63, 3.8) is 0 Å². The quantitative estimate of drug-likeness (QED) is 0.800. The minimum absolute atomic E-state index is 0.174. The van der Waals surface area contributed by atoms with Gasteiger partial charge in [-0.2, -0.15) is 0 Å². The van der Waals surface area contributed by atoms with Crippen molar-refractivity contribution in [3.05, 3.63) is 10.0 Å². The Morgan fingerprint density at radius 3 is 3.00 bits per heavy atom. The molecule has 1 aromatic rings. The fourth-order valence-corrected chi connectivity index (χ4v) is 3.13. The number of aromatic nitrogens is 2. The minimum Gasteiger partial charge on any atom is -0.371 e. The van der Waals surface area contributed by atoms with Crippen LogP contribution in [0.3, 0.4) is 0 Å². The highest BCUT2D eigenvalue weighted by Gasteiger charge is 2.29. The van der Waals surface area contributed by atoms with E-state index in [0.717, 1.165) is 29.5 Å². The molecular weight excluding hydrogens is 276 g/mol. The molecule has 2 heterocycles. The summed E-state index contributed by atoms with van der Waals surface area (Å²) in [6.45, 7) is 5.20. The largest absolute Gasteiger partial charge is 0.371 e. The lowest BCUT2D eigenvalue weighted by Crippen LogP contribution is -2.02. The van der Waals surface area contributed by atoms with Crippen molar-refractivity contribution >= 4 is 27.3 Å². The molecule has 1 aromatic heterocycles. The van der Waals surface area contributed by atoms with Crippen LogP contribution in [0.15, 0.2) is 0 Å². The fraction of sp³-hybridized carbons (Fsp3) is 0.800. The molecule has 0 aromatic carbocycles. The third-order valence-corrected chi connectivity index (χ3v) is 5.20. The van der Waals surface area contributed by atoms with Gasteiger partial charge in [-0.25, -0.2) is 0 Å². The third-order valence-electron chi connectivity index (χ3n) is 2.71. The Kier molecular flexibility index (Phi) is 3.74. The molecule has 0 bridgehead atoms. The Labute approximate surface area is 102 Å².